The number of amides is 1. The van der Waals surface area contributed by atoms with Crippen molar-refractivity contribution in [1.29, 1.82) is 0 Å². The van der Waals surface area contributed by atoms with Gasteiger partial charge in [-0.15, -0.1) is 0 Å². The molecule has 1 aromatic carbocycles. The number of aromatic amines is 1. The topological polar surface area (TPSA) is 49.0 Å². The summed E-state index contributed by atoms with van der Waals surface area (Å²) in [5.74, 6) is 0.582. The summed E-state index contributed by atoms with van der Waals surface area (Å²) in [6, 6.07) is 8.50. The average Bonchev–Trinajstić information content (AvgIpc) is 3.07. The molecule has 0 aliphatic heterocycles. The summed E-state index contributed by atoms with van der Waals surface area (Å²) < 4.78 is 0. The summed E-state index contributed by atoms with van der Waals surface area (Å²) >= 11 is 0. The molecule has 0 fully saturated rings. The summed E-state index contributed by atoms with van der Waals surface area (Å²) in [5, 5.41) is 6.92. The number of nitrogens with zero attached hydrogens (tertiary/aromatic N) is 2. The second kappa shape index (κ2) is 5.72. The number of benzene rings is 1. The van der Waals surface area contributed by atoms with Crippen molar-refractivity contribution < 1.29 is 4.79 Å². The van der Waals surface area contributed by atoms with Gasteiger partial charge in [0.05, 0.1) is 6.20 Å². The zero-order valence-electron chi connectivity index (χ0n) is 12.6. The van der Waals surface area contributed by atoms with E-state index in [2.05, 4.69) is 34.5 Å². The molecule has 110 valence electrons. The highest BCUT2D eigenvalue weighted by atomic mass is 16.2. The Labute approximate surface area is 125 Å². The van der Waals surface area contributed by atoms with E-state index in [4.69, 9.17) is 0 Å². The first-order valence-electron chi connectivity index (χ1n) is 7.45. The predicted octanol–water partition coefficient (Wildman–Crippen LogP) is 2.80. The van der Waals surface area contributed by atoms with Gasteiger partial charge in [0, 0.05) is 31.3 Å². The third kappa shape index (κ3) is 2.84. The van der Waals surface area contributed by atoms with Crippen molar-refractivity contribution in [3.05, 3.63) is 52.8 Å². The number of hydrogen-bond donors (Lipinski definition) is 1. The van der Waals surface area contributed by atoms with E-state index in [1.165, 1.54) is 11.1 Å². The second-order valence-corrected chi connectivity index (χ2v) is 5.91. The summed E-state index contributed by atoms with van der Waals surface area (Å²) in [4.78, 5) is 14.2. The van der Waals surface area contributed by atoms with E-state index in [-0.39, 0.29) is 5.91 Å². The van der Waals surface area contributed by atoms with Crippen LogP contribution in [0.1, 0.15) is 41.1 Å². The van der Waals surface area contributed by atoms with Crippen molar-refractivity contribution in [1.82, 2.24) is 15.1 Å². The Hall–Kier alpha value is -2.10. The van der Waals surface area contributed by atoms with Crippen molar-refractivity contribution in [2.75, 3.05) is 7.05 Å². The Bertz CT molecular complexity index is 647. The average molecular weight is 283 g/mol. The van der Waals surface area contributed by atoms with Crippen LogP contribution in [0.15, 0.2) is 30.5 Å². The summed E-state index contributed by atoms with van der Waals surface area (Å²) in [5.41, 5.74) is 4.88. The number of aromatic nitrogens is 2. The van der Waals surface area contributed by atoms with Crippen LogP contribution < -0.4 is 0 Å². The molecule has 1 aliphatic rings. The zero-order valence-corrected chi connectivity index (χ0v) is 12.6. The lowest BCUT2D eigenvalue weighted by molar-refractivity contribution is -0.130. The minimum atomic E-state index is 0.206. The predicted molar refractivity (Wildman–Crippen MR) is 81.9 cm³/mol. The van der Waals surface area contributed by atoms with E-state index in [0.717, 1.165) is 24.1 Å². The second-order valence-electron chi connectivity index (χ2n) is 5.91. The number of H-pyrrole nitrogens is 1. The van der Waals surface area contributed by atoms with Gasteiger partial charge >= 0.3 is 0 Å². The fraction of sp³-hybridized carbons (Fsp3) is 0.412. The molecule has 0 spiro atoms. The van der Waals surface area contributed by atoms with Crippen molar-refractivity contribution in [3.8, 4) is 0 Å². The molecule has 1 N–H and O–H groups in total. The van der Waals surface area contributed by atoms with E-state index in [0.29, 0.717) is 18.9 Å². The largest absolute Gasteiger partial charge is 0.341 e. The van der Waals surface area contributed by atoms with E-state index < -0.39 is 0 Å². The molecular weight excluding hydrogens is 262 g/mol. The molecule has 1 aliphatic carbocycles. The Morgan fingerprint density at radius 3 is 3.00 bits per heavy atom. The minimum absolute atomic E-state index is 0.206. The monoisotopic (exact) mass is 283 g/mol. The molecule has 0 saturated carbocycles. The number of nitrogens with one attached hydrogen (secondary N) is 1. The molecule has 2 aromatic rings. The van der Waals surface area contributed by atoms with Crippen LogP contribution in [0.5, 0.6) is 0 Å². The summed E-state index contributed by atoms with van der Waals surface area (Å²) in [6.07, 6.45) is 4.58. The molecule has 3 rings (SSSR count). The molecule has 0 bridgehead atoms. The van der Waals surface area contributed by atoms with Gasteiger partial charge in [-0.2, -0.15) is 5.10 Å². The number of aryl methyl sites for hydroxylation is 2. The molecule has 0 radical (unpaired) electrons. The number of carbonyl (C=O) groups is 1. The number of hydrogen-bond acceptors (Lipinski definition) is 2. The smallest absolute Gasteiger partial charge is 0.223 e. The van der Waals surface area contributed by atoms with Gasteiger partial charge in [-0.25, -0.2) is 0 Å². The molecule has 21 heavy (non-hydrogen) atoms. The fourth-order valence-corrected chi connectivity index (χ4v) is 3.10. The van der Waals surface area contributed by atoms with Crippen molar-refractivity contribution in [3.63, 3.8) is 0 Å². The van der Waals surface area contributed by atoms with Crippen molar-refractivity contribution in [2.45, 2.75) is 38.6 Å². The van der Waals surface area contributed by atoms with E-state index in [1.54, 1.807) is 11.1 Å². The van der Waals surface area contributed by atoms with Gasteiger partial charge in [0.15, 0.2) is 0 Å². The SMILES string of the molecule is Cc1[nH]ncc1CN(C)C(=O)C[C@@H]1CCc2ccccc21. The standard InChI is InChI=1S/C17H21N3O/c1-12-15(10-18-19-12)11-20(2)17(21)9-14-8-7-13-5-3-4-6-16(13)14/h3-6,10,14H,7-9,11H2,1-2H3,(H,18,19)/t14-/m0/s1. The molecule has 1 heterocycles. The van der Waals surface area contributed by atoms with Crippen molar-refractivity contribution in [2.24, 2.45) is 0 Å². The van der Waals surface area contributed by atoms with Crippen LogP contribution in [-0.4, -0.2) is 28.1 Å². The van der Waals surface area contributed by atoms with Crippen molar-refractivity contribution >= 4 is 5.91 Å². The van der Waals surface area contributed by atoms with Gasteiger partial charge in [0.2, 0.25) is 5.91 Å². The van der Waals surface area contributed by atoms with E-state index >= 15 is 0 Å². The first-order chi connectivity index (χ1) is 10.1. The number of rotatable bonds is 4. The maximum atomic E-state index is 12.4. The first-order valence-corrected chi connectivity index (χ1v) is 7.45. The lowest BCUT2D eigenvalue weighted by Gasteiger charge is -2.19. The lowest BCUT2D eigenvalue weighted by atomic mass is 9.97. The van der Waals surface area contributed by atoms with Crippen LogP contribution in [0.2, 0.25) is 0 Å². The van der Waals surface area contributed by atoms with E-state index in [1.807, 2.05) is 14.0 Å². The highest BCUT2D eigenvalue weighted by Crippen LogP contribution is 2.35. The fourth-order valence-electron chi connectivity index (χ4n) is 3.10. The highest BCUT2D eigenvalue weighted by Gasteiger charge is 2.25. The summed E-state index contributed by atoms with van der Waals surface area (Å²) in [6.45, 7) is 2.60. The van der Waals surface area contributed by atoms with Crippen LogP contribution in [0.25, 0.3) is 0 Å². The van der Waals surface area contributed by atoms with Gasteiger partial charge < -0.3 is 4.90 Å². The molecule has 1 aromatic heterocycles. The molecular formula is C17H21N3O. The Kier molecular flexibility index (Phi) is 3.78. The van der Waals surface area contributed by atoms with Crippen LogP contribution in [-0.2, 0) is 17.8 Å². The van der Waals surface area contributed by atoms with Gasteiger partial charge in [0.1, 0.15) is 0 Å². The van der Waals surface area contributed by atoms with Gasteiger partial charge in [-0.05, 0) is 36.8 Å². The van der Waals surface area contributed by atoms with Crippen LogP contribution in [0.3, 0.4) is 0 Å². The van der Waals surface area contributed by atoms with Gasteiger partial charge in [-0.1, -0.05) is 24.3 Å². The molecule has 1 amide bonds. The molecule has 0 saturated heterocycles. The Morgan fingerprint density at radius 2 is 2.24 bits per heavy atom. The lowest BCUT2D eigenvalue weighted by Crippen LogP contribution is -2.27. The first kappa shape index (κ1) is 13.9. The maximum Gasteiger partial charge on any atom is 0.223 e. The third-order valence-electron chi connectivity index (χ3n) is 4.45. The Morgan fingerprint density at radius 1 is 1.43 bits per heavy atom. The van der Waals surface area contributed by atoms with Crippen LogP contribution >= 0.6 is 0 Å². The number of carbonyl (C=O) groups excluding carboxylic acids is 1. The quantitative estimate of drug-likeness (QED) is 0.938. The molecule has 1 atom stereocenters. The molecule has 4 nitrogen and oxygen atoms in total. The van der Waals surface area contributed by atoms with Crippen LogP contribution in [0, 0.1) is 6.92 Å². The molecule has 0 unspecified atom stereocenters. The molecule has 4 heteroatoms. The highest BCUT2D eigenvalue weighted by molar-refractivity contribution is 5.77. The zero-order chi connectivity index (χ0) is 14.8. The number of fused-ring (bicyclic) bond motifs is 1. The van der Waals surface area contributed by atoms with E-state index in [9.17, 15) is 4.79 Å². The minimum Gasteiger partial charge on any atom is -0.341 e. The third-order valence-corrected chi connectivity index (χ3v) is 4.45. The Balaban J connectivity index is 1.63. The van der Waals surface area contributed by atoms with Crippen LogP contribution in [0.4, 0.5) is 0 Å². The maximum absolute atomic E-state index is 12.4. The van der Waals surface area contributed by atoms with Gasteiger partial charge in [0.25, 0.3) is 0 Å². The normalized spacial score (nSPS) is 16.8. The summed E-state index contributed by atoms with van der Waals surface area (Å²) in [7, 11) is 1.87. The van der Waals surface area contributed by atoms with Gasteiger partial charge in [-0.3, -0.25) is 9.89 Å².